The fourth-order valence-corrected chi connectivity index (χ4v) is 2.26. The van der Waals surface area contributed by atoms with Crippen LogP contribution < -0.4 is 5.32 Å². The number of carbonyl (C=O) groups excluding carboxylic acids is 1. The molecule has 0 aromatic heterocycles. The summed E-state index contributed by atoms with van der Waals surface area (Å²) in [6.07, 6.45) is 1.48. The normalized spacial score (nSPS) is 11.2. The van der Waals surface area contributed by atoms with Crippen LogP contribution in [0, 0.1) is 0 Å². The van der Waals surface area contributed by atoms with Crippen LogP contribution in [0.3, 0.4) is 0 Å². The van der Waals surface area contributed by atoms with Crippen LogP contribution in [0.1, 0.15) is 13.8 Å². The van der Waals surface area contributed by atoms with Crippen molar-refractivity contribution in [3.63, 3.8) is 0 Å². The van der Waals surface area contributed by atoms with Gasteiger partial charge in [-0.05, 0) is 38.1 Å². The summed E-state index contributed by atoms with van der Waals surface area (Å²) in [6.45, 7) is 3.65. The van der Waals surface area contributed by atoms with Gasteiger partial charge in [-0.2, -0.15) is 0 Å². The maximum atomic E-state index is 11.8. The SMILES string of the molecule is CC(C)=CC(=O)Nc1ccc(S(=O)(=O)N(C)C)cc1. The lowest BCUT2D eigenvalue weighted by Gasteiger charge is -2.11. The Morgan fingerprint density at radius 3 is 2.11 bits per heavy atom. The van der Waals surface area contributed by atoms with E-state index in [1.54, 1.807) is 12.1 Å². The highest BCUT2D eigenvalue weighted by Gasteiger charge is 2.16. The zero-order chi connectivity index (χ0) is 14.6. The number of nitrogens with zero attached hydrogens (tertiary/aromatic N) is 1. The molecule has 0 fully saturated rings. The van der Waals surface area contributed by atoms with E-state index >= 15 is 0 Å². The Hall–Kier alpha value is -1.66. The molecule has 0 radical (unpaired) electrons. The Morgan fingerprint density at radius 2 is 1.68 bits per heavy atom. The van der Waals surface area contributed by atoms with Gasteiger partial charge in [0.1, 0.15) is 0 Å². The average Bonchev–Trinajstić information content (AvgIpc) is 2.28. The van der Waals surface area contributed by atoms with Crippen LogP contribution >= 0.6 is 0 Å². The average molecular weight is 282 g/mol. The molecule has 19 heavy (non-hydrogen) atoms. The molecule has 0 saturated carbocycles. The number of allylic oxidation sites excluding steroid dienone is 1. The standard InChI is InChI=1S/C13H18N2O3S/c1-10(2)9-13(16)14-11-5-7-12(8-6-11)19(17,18)15(3)4/h5-9H,1-4H3,(H,14,16). The first-order valence-corrected chi connectivity index (χ1v) is 7.16. The Morgan fingerprint density at radius 1 is 1.16 bits per heavy atom. The number of rotatable bonds is 4. The van der Waals surface area contributed by atoms with Crippen LogP contribution in [0.25, 0.3) is 0 Å². The summed E-state index contributed by atoms with van der Waals surface area (Å²) in [5.41, 5.74) is 1.45. The van der Waals surface area contributed by atoms with E-state index in [0.717, 1.165) is 9.88 Å². The third-order valence-electron chi connectivity index (χ3n) is 2.32. The summed E-state index contributed by atoms with van der Waals surface area (Å²) < 4.78 is 24.8. The van der Waals surface area contributed by atoms with Crippen LogP contribution in [0.15, 0.2) is 40.8 Å². The monoisotopic (exact) mass is 282 g/mol. The van der Waals surface area contributed by atoms with Gasteiger partial charge < -0.3 is 5.32 Å². The van der Waals surface area contributed by atoms with Crippen molar-refractivity contribution >= 4 is 21.6 Å². The second-order valence-electron chi connectivity index (χ2n) is 4.52. The lowest BCUT2D eigenvalue weighted by Crippen LogP contribution is -2.22. The molecule has 6 heteroatoms. The summed E-state index contributed by atoms with van der Waals surface area (Å²) in [4.78, 5) is 11.7. The van der Waals surface area contributed by atoms with Gasteiger partial charge in [0.2, 0.25) is 15.9 Å². The minimum absolute atomic E-state index is 0.192. The van der Waals surface area contributed by atoms with Gasteiger partial charge in [-0.1, -0.05) is 5.57 Å². The van der Waals surface area contributed by atoms with Crippen LogP contribution in [0.4, 0.5) is 5.69 Å². The third-order valence-corrected chi connectivity index (χ3v) is 4.15. The molecule has 1 N–H and O–H groups in total. The molecule has 0 spiro atoms. The highest BCUT2D eigenvalue weighted by atomic mass is 32.2. The van der Waals surface area contributed by atoms with Crippen molar-refractivity contribution < 1.29 is 13.2 Å². The summed E-state index contributed by atoms with van der Waals surface area (Å²) >= 11 is 0. The van der Waals surface area contributed by atoms with Crippen molar-refractivity contribution in [1.29, 1.82) is 0 Å². The first-order chi connectivity index (χ1) is 8.73. The number of hydrogen-bond acceptors (Lipinski definition) is 3. The Balaban J connectivity index is 2.90. The van der Waals surface area contributed by atoms with E-state index in [-0.39, 0.29) is 10.8 Å². The molecular formula is C13H18N2O3S. The van der Waals surface area contributed by atoms with Gasteiger partial charge in [0.15, 0.2) is 0 Å². The molecule has 5 nitrogen and oxygen atoms in total. The van der Waals surface area contributed by atoms with Crippen molar-refractivity contribution in [2.45, 2.75) is 18.7 Å². The molecule has 1 rings (SSSR count). The van der Waals surface area contributed by atoms with Gasteiger partial charge in [0.05, 0.1) is 4.90 Å². The van der Waals surface area contributed by atoms with E-state index in [1.807, 2.05) is 13.8 Å². The second kappa shape index (κ2) is 5.99. The molecule has 1 aromatic rings. The highest BCUT2D eigenvalue weighted by Crippen LogP contribution is 2.16. The lowest BCUT2D eigenvalue weighted by molar-refractivity contribution is -0.111. The zero-order valence-corrected chi connectivity index (χ0v) is 12.3. The lowest BCUT2D eigenvalue weighted by atomic mass is 10.3. The second-order valence-corrected chi connectivity index (χ2v) is 6.67. The largest absolute Gasteiger partial charge is 0.323 e. The van der Waals surface area contributed by atoms with Crippen molar-refractivity contribution in [3.05, 3.63) is 35.9 Å². The molecule has 0 aliphatic carbocycles. The molecule has 0 unspecified atom stereocenters. The minimum atomic E-state index is -3.43. The van der Waals surface area contributed by atoms with Crippen LogP contribution in [-0.2, 0) is 14.8 Å². The molecule has 0 bridgehead atoms. The maximum absolute atomic E-state index is 11.8. The van der Waals surface area contributed by atoms with Crippen LogP contribution in [-0.4, -0.2) is 32.7 Å². The minimum Gasteiger partial charge on any atom is -0.323 e. The van der Waals surface area contributed by atoms with Gasteiger partial charge in [-0.15, -0.1) is 0 Å². The van der Waals surface area contributed by atoms with Crippen molar-refractivity contribution in [3.8, 4) is 0 Å². The molecule has 104 valence electrons. The topological polar surface area (TPSA) is 66.5 Å². The van der Waals surface area contributed by atoms with E-state index < -0.39 is 10.0 Å². The molecular weight excluding hydrogens is 264 g/mol. The molecule has 0 aliphatic rings. The summed E-state index contributed by atoms with van der Waals surface area (Å²) in [7, 11) is -0.488. The molecule has 0 saturated heterocycles. The fraction of sp³-hybridized carbons (Fsp3) is 0.308. The third kappa shape index (κ3) is 4.18. The summed E-state index contributed by atoms with van der Waals surface area (Å²) in [5, 5.41) is 2.66. The van der Waals surface area contributed by atoms with E-state index in [2.05, 4.69) is 5.32 Å². The Labute approximate surface area is 114 Å². The highest BCUT2D eigenvalue weighted by molar-refractivity contribution is 7.89. The molecule has 1 aromatic carbocycles. The predicted octanol–water partition coefficient (Wildman–Crippen LogP) is 1.84. The van der Waals surface area contributed by atoms with E-state index in [0.29, 0.717) is 5.69 Å². The van der Waals surface area contributed by atoms with Crippen LogP contribution in [0.2, 0.25) is 0 Å². The predicted molar refractivity (Wildman–Crippen MR) is 75.4 cm³/mol. The Bertz CT molecular complexity index is 583. The summed E-state index contributed by atoms with van der Waals surface area (Å²) in [5.74, 6) is -0.233. The van der Waals surface area contributed by atoms with E-state index in [1.165, 1.54) is 32.3 Å². The molecule has 0 aliphatic heterocycles. The zero-order valence-electron chi connectivity index (χ0n) is 11.5. The van der Waals surface area contributed by atoms with Crippen LogP contribution in [0.5, 0.6) is 0 Å². The number of hydrogen-bond donors (Lipinski definition) is 1. The maximum Gasteiger partial charge on any atom is 0.248 e. The Kier molecular flexibility index (Phi) is 4.85. The smallest absolute Gasteiger partial charge is 0.248 e. The number of nitrogens with one attached hydrogen (secondary N) is 1. The molecule has 0 atom stereocenters. The number of amides is 1. The fourth-order valence-electron chi connectivity index (χ4n) is 1.36. The first kappa shape index (κ1) is 15.4. The van der Waals surface area contributed by atoms with Gasteiger partial charge in [-0.25, -0.2) is 12.7 Å². The quantitative estimate of drug-likeness (QED) is 0.857. The van der Waals surface area contributed by atoms with E-state index in [4.69, 9.17) is 0 Å². The number of benzene rings is 1. The van der Waals surface area contributed by atoms with Gasteiger partial charge in [0.25, 0.3) is 0 Å². The van der Waals surface area contributed by atoms with Gasteiger partial charge in [-0.3, -0.25) is 4.79 Å². The van der Waals surface area contributed by atoms with Gasteiger partial charge in [0, 0.05) is 25.9 Å². The number of sulfonamides is 1. The number of carbonyl (C=O) groups is 1. The van der Waals surface area contributed by atoms with Gasteiger partial charge >= 0.3 is 0 Å². The van der Waals surface area contributed by atoms with Crippen molar-refractivity contribution in [2.75, 3.05) is 19.4 Å². The number of anilines is 1. The van der Waals surface area contributed by atoms with E-state index in [9.17, 15) is 13.2 Å². The molecule has 1 amide bonds. The summed E-state index contributed by atoms with van der Waals surface area (Å²) in [6, 6.07) is 6.06. The first-order valence-electron chi connectivity index (χ1n) is 5.72. The van der Waals surface area contributed by atoms with Crippen molar-refractivity contribution in [1.82, 2.24) is 4.31 Å². The molecule has 0 heterocycles. The van der Waals surface area contributed by atoms with Crippen molar-refractivity contribution in [2.24, 2.45) is 0 Å².